The summed E-state index contributed by atoms with van der Waals surface area (Å²) in [5.74, 6) is 0.0370. The normalized spacial score (nSPS) is 17.6. The minimum atomic E-state index is -3.73. The van der Waals surface area contributed by atoms with Crippen LogP contribution in [0.2, 0.25) is 0 Å². The van der Waals surface area contributed by atoms with Crippen LogP contribution in [0, 0.1) is 0 Å². The SMILES string of the molecule is CC1CCCCN1C(=S)Nc1ccc(S(=O)(=O)Nc2ncccn2)cc1. The lowest BCUT2D eigenvalue weighted by Crippen LogP contribution is -2.44. The van der Waals surface area contributed by atoms with Crippen LogP contribution >= 0.6 is 12.2 Å². The number of sulfonamides is 1. The van der Waals surface area contributed by atoms with Crippen molar-refractivity contribution < 1.29 is 8.42 Å². The first kappa shape index (κ1) is 18.5. The van der Waals surface area contributed by atoms with E-state index in [1.165, 1.54) is 30.9 Å². The molecule has 1 aliphatic rings. The van der Waals surface area contributed by atoms with Crippen LogP contribution in [0.15, 0.2) is 47.6 Å². The lowest BCUT2D eigenvalue weighted by atomic mass is 10.0. The molecule has 138 valence electrons. The van der Waals surface area contributed by atoms with Gasteiger partial charge >= 0.3 is 0 Å². The van der Waals surface area contributed by atoms with Crippen molar-refractivity contribution >= 4 is 39.0 Å². The van der Waals surface area contributed by atoms with Crippen molar-refractivity contribution in [1.82, 2.24) is 14.9 Å². The first-order valence-corrected chi connectivity index (χ1v) is 10.3. The molecule has 0 aliphatic carbocycles. The molecule has 9 heteroatoms. The van der Waals surface area contributed by atoms with Crippen molar-refractivity contribution in [3.8, 4) is 0 Å². The zero-order valence-electron chi connectivity index (χ0n) is 14.4. The number of hydrogen-bond acceptors (Lipinski definition) is 5. The highest BCUT2D eigenvalue weighted by molar-refractivity contribution is 7.92. The molecule has 0 radical (unpaired) electrons. The molecule has 7 nitrogen and oxygen atoms in total. The first-order chi connectivity index (χ1) is 12.5. The van der Waals surface area contributed by atoms with Gasteiger partial charge in [-0.2, -0.15) is 0 Å². The minimum Gasteiger partial charge on any atom is -0.346 e. The van der Waals surface area contributed by atoms with E-state index in [0.29, 0.717) is 11.2 Å². The third-order valence-corrected chi connectivity index (χ3v) is 5.95. The van der Waals surface area contributed by atoms with Crippen molar-refractivity contribution in [3.05, 3.63) is 42.7 Å². The van der Waals surface area contributed by atoms with Gasteiger partial charge in [-0.25, -0.2) is 23.1 Å². The third kappa shape index (κ3) is 4.47. The van der Waals surface area contributed by atoms with E-state index in [9.17, 15) is 8.42 Å². The quantitative estimate of drug-likeness (QED) is 0.775. The number of aromatic nitrogens is 2. The van der Waals surface area contributed by atoms with Gasteiger partial charge in [-0.1, -0.05) is 0 Å². The van der Waals surface area contributed by atoms with Crippen LogP contribution in [-0.4, -0.2) is 41.0 Å². The highest BCUT2D eigenvalue weighted by atomic mass is 32.2. The van der Waals surface area contributed by atoms with Crippen molar-refractivity contribution in [2.24, 2.45) is 0 Å². The van der Waals surface area contributed by atoms with Crippen LogP contribution < -0.4 is 10.0 Å². The van der Waals surface area contributed by atoms with Crippen LogP contribution in [0.25, 0.3) is 0 Å². The number of thiocarbonyl (C=S) groups is 1. The fourth-order valence-corrected chi connectivity index (χ4v) is 4.19. The average Bonchev–Trinajstić information content (AvgIpc) is 2.63. The molecule has 2 heterocycles. The molecule has 2 aromatic rings. The molecule has 26 heavy (non-hydrogen) atoms. The van der Waals surface area contributed by atoms with Gasteiger partial charge in [0.25, 0.3) is 10.0 Å². The summed E-state index contributed by atoms with van der Waals surface area (Å²) in [4.78, 5) is 10.0. The van der Waals surface area contributed by atoms with Crippen molar-refractivity contribution in [1.29, 1.82) is 0 Å². The second-order valence-electron chi connectivity index (χ2n) is 6.17. The minimum absolute atomic E-state index is 0.0370. The Morgan fingerprint density at radius 1 is 1.19 bits per heavy atom. The second kappa shape index (κ2) is 7.96. The summed E-state index contributed by atoms with van der Waals surface area (Å²) in [5.41, 5.74) is 0.752. The standard InChI is InChI=1S/C17H21N5O2S2/c1-13-5-2-3-12-22(13)17(25)20-14-6-8-15(9-7-14)26(23,24)21-16-18-10-4-11-19-16/h4,6-11,13H,2-3,5,12H2,1H3,(H,20,25)(H,18,19,21). The van der Waals surface area contributed by atoms with Crippen LogP contribution in [0.4, 0.5) is 11.6 Å². The van der Waals surface area contributed by atoms with Gasteiger partial charge in [0.1, 0.15) is 0 Å². The number of benzene rings is 1. The van der Waals surface area contributed by atoms with Gasteiger partial charge in [0.05, 0.1) is 4.90 Å². The molecule has 2 N–H and O–H groups in total. The summed E-state index contributed by atoms with van der Waals surface area (Å²) in [7, 11) is -3.73. The molecule has 1 fully saturated rings. The molecular weight excluding hydrogens is 370 g/mol. The largest absolute Gasteiger partial charge is 0.346 e. The lowest BCUT2D eigenvalue weighted by Gasteiger charge is -2.35. The Kier molecular flexibility index (Phi) is 5.67. The molecule has 1 aromatic carbocycles. The first-order valence-electron chi connectivity index (χ1n) is 8.43. The summed E-state index contributed by atoms with van der Waals surface area (Å²) >= 11 is 5.49. The Labute approximate surface area is 158 Å². The van der Waals surface area contributed by atoms with E-state index >= 15 is 0 Å². The van der Waals surface area contributed by atoms with E-state index in [4.69, 9.17) is 12.2 Å². The van der Waals surface area contributed by atoms with E-state index in [0.717, 1.165) is 25.1 Å². The maximum Gasteiger partial charge on any atom is 0.264 e. The van der Waals surface area contributed by atoms with Gasteiger partial charge in [0.2, 0.25) is 5.95 Å². The monoisotopic (exact) mass is 391 g/mol. The van der Waals surface area contributed by atoms with E-state index in [2.05, 4.69) is 31.8 Å². The average molecular weight is 392 g/mol. The predicted molar refractivity (Wildman–Crippen MR) is 106 cm³/mol. The number of piperidine rings is 1. The van der Waals surface area contributed by atoms with Gasteiger partial charge in [-0.05, 0) is 68.7 Å². The number of likely N-dealkylation sites (tertiary alicyclic amines) is 1. The van der Waals surface area contributed by atoms with Gasteiger partial charge in [0, 0.05) is 30.7 Å². The maximum atomic E-state index is 12.4. The molecule has 0 spiro atoms. The lowest BCUT2D eigenvalue weighted by molar-refractivity contribution is 0.262. The smallest absolute Gasteiger partial charge is 0.264 e. The molecule has 0 amide bonds. The fourth-order valence-electron chi connectivity index (χ4n) is 2.84. The molecule has 1 aromatic heterocycles. The maximum absolute atomic E-state index is 12.4. The second-order valence-corrected chi connectivity index (χ2v) is 8.24. The Bertz CT molecular complexity index is 856. The number of nitrogens with zero attached hydrogens (tertiary/aromatic N) is 3. The zero-order chi connectivity index (χ0) is 18.6. The molecule has 0 bridgehead atoms. The predicted octanol–water partition coefficient (Wildman–Crippen LogP) is 2.85. The highest BCUT2D eigenvalue weighted by Gasteiger charge is 2.21. The van der Waals surface area contributed by atoms with Crippen LogP contribution in [0.3, 0.4) is 0 Å². The van der Waals surface area contributed by atoms with Crippen molar-refractivity contribution in [2.75, 3.05) is 16.6 Å². The summed E-state index contributed by atoms with van der Waals surface area (Å²) < 4.78 is 27.1. The van der Waals surface area contributed by atoms with Crippen LogP contribution in [0.1, 0.15) is 26.2 Å². The number of anilines is 2. The molecular formula is C17H21N5O2S2. The Balaban J connectivity index is 1.67. The molecule has 1 unspecified atom stereocenters. The third-order valence-electron chi connectivity index (χ3n) is 4.27. The van der Waals surface area contributed by atoms with Gasteiger partial charge in [0.15, 0.2) is 5.11 Å². The van der Waals surface area contributed by atoms with Crippen molar-refractivity contribution in [3.63, 3.8) is 0 Å². The van der Waals surface area contributed by atoms with Crippen LogP contribution in [-0.2, 0) is 10.0 Å². The van der Waals surface area contributed by atoms with E-state index in [-0.39, 0.29) is 10.8 Å². The van der Waals surface area contributed by atoms with E-state index in [1.807, 2.05) is 0 Å². The molecule has 0 saturated carbocycles. The summed E-state index contributed by atoms with van der Waals surface area (Å²) in [6, 6.07) is 8.47. The molecule has 1 atom stereocenters. The van der Waals surface area contributed by atoms with Gasteiger partial charge in [-0.15, -0.1) is 0 Å². The highest BCUT2D eigenvalue weighted by Crippen LogP contribution is 2.20. The van der Waals surface area contributed by atoms with Gasteiger partial charge in [-0.3, -0.25) is 0 Å². The van der Waals surface area contributed by atoms with E-state index in [1.54, 1.807) is 18.2 Å². The fraction of sp³-hybridized carbons (Fsp3) is 0.353. The van der Waals surface area contributed by atoms with Crippen LogP contribution in [0.5, 0.6) is 0 Å². The number of rotatable bonds is 4. The number of hydrogen-bond donors (Lipinski definition) is 2. The summed E-state index contributed by atoms with van der Waals surface area (Å²) in [5, 5.41) is 3.86. The Morgan fingerprint density at radius 3 is 2.54 bits per heavy atom. The molecule has 1 aliphatic heterocycles. The topological polar surface area (TPSA) is 87.2 Å². The zero-order valence-corrected chi connectivity index (χ0v) is 16.1. The number of nitrogens with one attached hydrogen (secondary N) is 2. The Morgan fingerprint density at radius 2 is 1.88 bits per heavy atom. The summed E-state index contributed by atoms with van der Waals surface area (Å²) in [6.45, 7) is 3.11. The Hall–Kier alpha value is -2.26. The molecule has 3 rings (SSSR count). The van der Waals surface area contributed by atoms with Crippen molar-refractivity contribution in [2.45, 2.75) is 37.1 Å². The summed E-state index contributed by atoms with van der Waals surface area (Å²) in [6.07, 6.45) is 6.44. The van der Waals surface area contributed by atoms with E-state index < -0.39 is 10.0 Å². The molecule has 1 saturated heterocycles. The van der Waals surface area contributed by atoms with Gasteiger partial charge < -0.3 is 10.2 Å².